The van der Waals surface area contributed by atoms with Gasteiger partial charge in [0.2, 0.25) is 0 Å². The Hall–Kier alpha value is -3.38. The molecule has 7 heteroatoms. The van der Waals surface area contributed by atoms with Crippen LogP contribution in [0.1, 0.15) is 17.5 Å². The van der Waals surface area contributed by atoms with Crippen molar-refractivity contribution in [2.75, 3.05) is 11.9 Å². The molecule has 0 aliphatic rings. The van der Waals surface area contributed by atoms with Gasteiger partial charge in [0.15, 0.2) is 5.65 Å². The molecule has 0 fully saturated rings. The smallest absolute Gasteiger partial charge is 0.319 e. The molecule has 0 atom stereocenters. The summed E-state index contributed by atoms with van der Waals surface area (Å²) < 4.78 is 2.11. The molecule has 2 aromatic heterocycles. The number of anilines is 1. The lowest BCUT2D eigenvalue weighted by Gasteiger charge is -2.11. The van der Waals surface area contributed by atoms with Crippen LogP contribution >= 0.6 is 11.6 Å². The highest BCUT2D eigenvalue weighted by molar-refractivity contribution is 6.33. The maximum Gasteiger partial charge on any atom is 0.319 e. The van der Waals surface area contributed by atoms with Gasteiger partial charge in [0, 0.05) is 24.8 Å². The van der Waals surface area contributed by atoms with Crippen LogP contribution < -0.4 is 10.6 Å². The maximum absolute atomic E-state index is 12.2. The van der Waals surface area contributed by atoms with Gasteiger partial charge in [-0.15, -0.1) is 0 Å². The largest absolute Gasteiger partial charge is 0.338 e. The molecule has 4 rings (SSSR count). The first-order valence-corrected chi connectivity index (χ1v) is 10.6. The molecule has 158 valence electrons. The summed E-state index contributed by atoms with van der Waals surface area (Å²) in [6, 6.07) is 17.4. The molecule has 0 spiro atoms. The standard InChI is InChI=1S/C24H24ClN5O/c1-16-6-9-18(10-7-16)22-28-21-5-3-12-26-23(21)30(22)14-4-13-27-24(31)29-20-11-8-17(2)15-19(20)25/h3,5-12,15H,4,13-14H2,1-2H3,(H2,27,29,31). The van der Waals surface area contributed by atoms with Crippen LogP contribution in [-0.2, 0) is 6.54 Å². The van der Waals surface area contributed by atoms with Gasteiger partial charge in [-0.25, -0.2) is 14.8 Å². The van der Waals surface area contributed by atoms with Crippen molar-refractivity contribution in [3.63, 3.8) is 0 Å². The second kappa shape index (κ2) is 9.18. The molecule has 2 heterocycles. The minimum absolute atomic E-state index is 0.280. The number of carbonyl (C=O) groups is 1. The number of hydrogen-bond donors (Lipinski definition) is 2. The van der Waals surface area contributed by atoms with Gasteiger partial charge in [0.05, 0.1) is 10.7 Å². The molecule has 0 saturated heterocycles. The van der Waals surface area contributed by atoms with E-state index in [1.807, 2.05) is 31.2 Å². The Bertz CT molecular complexity index is 1220. The van der Waals surface area contributed by atoms with Gasteiger partial charge in [-0.1, -0.05) is 47.5 Å². The highest BCUT2D eigenvalue weighted by Gasteiger charge is 2.13. The Morgan fingerprint density at radius 3 is 2.61 bits per heavy atom. The Balaban J connectivity index is 1.42. The molecule has 0 aliphatic carbocycles. The van der Waals surface area contributed by atoms with E-state index in [0.29, 0.717) is 23.8 Å². The summed E-state index contributed by atoms with van der Waals surface area (Å²) >= 11 is 6.18. The van der Waals surface area contributed by atoms with E-state index in [-0.39, 0.29) is 6.03 Å². The highest BCUT2D eigenvalue weighted by atomic mass is 35.5. The predicted molar refractivity (Wildman–Crippen MR) is 126 cm³/mol. The first-order valence-electron chi connectivity index (χ1n) is 10.2. The van der Waals surface area contributed by atoms with Crippen LogP contribution in [0.3, 0.4) is 0 Å². The summed E-state index contributed by atoms with van der Waals surface area (Å²) in [5.74, 6) is 0.879. The lowest BCUT2D eigenvalue weighted by Crippen LogP contribution is -2.30. The number of aromatic nitrogens is 3. The highest BCUT2D eigenvalue weighted by Crippen LogP contribution is 2.24. The van der Waals surface area contributed by atoms with Gasteiger partial charge >= 0.3 is 6.03 Å². The number of rotatable bonds is 6. The number of pyridine rings is 1. The Labute approximate surface area is 186 Å². The van der Waals surface area contributed by atoms with Crippen molar-refractivity contribution in [1.29, 1.82) is 0 Å². The van der Waals surface area contributed by atoms with Crippen LogP contribution in [0, 0.1) is 13.8 Å². The number of halogens is 1. The number of nitrogens with zero attached hydrogens (tertiary/aromatic N) is 3. The molecule has 0 bridgehead atoms. The number of urea groups is 1. The van der Waals surface area contributed by atoms with E-state index in [0.717, 1.165) is 34.5 Å². The Morgan fingerprint density at radius 2 is 1.84 bits per heavy atom. The number of amides is 2. The van der Waals surface area contributed by atoms with Crippen molar-refractivity contribution in [3.8, 4) is 11.4 Å². The van der Waals surface area contributed by atoms with E-state index in [4.69, 9.17) is 16.6 Å². The van der Waals surface area contributed by atoms with E-state index in [2.05, 4.69) is 51.4 Å². The fourth-order valence-electron chi connectivity index (χ4n) is 3.42. The fourth-order valence-corrected chi connectivity index (χ4v) is 3.70. The van der Waals surface area contributed by atoms with E-state index < -0.39 is 0 Å². The monoisotopic (exact) mass is 433 g/mol. The van der Waals surface area contributed by atoms with Crippen LogP contribution in [0.5, 0.6) is 0 Å². The van der Waals surface area contributed by atoms with E-state index in [1.54, 1.807) is 12.3 Å². The second-order valence-corrected chi connectivity index (χ2v) is 7.92. The molecule has 2 amide bonds. The number of carbonyl (C=O) groups excluding carboxylic acids is 1. The number of benzene rings is 2. The molecule has 0 radical (unpaired) electrons. The zero-order chi connectivity index (χ0) is 21.8. The van der Waals surface area contributed by atoms with Gasteiger partial charge < -0.3 is 15.2 Å². The zero-order valence-electron chi connectivity index (χ0n) is 17.5. The van der Waals surface area contributed by atoms with E-state index in [9.17, 15) is 4.79 Å². The van der Waals surface area contributed by atoms with Crippen LogP contribution in [0.15, 0.2) is 60.8 Å². The minimum Gasteiger partial charge on any atom is -0.338 e. The molecule has 0 saturated carbocycles. The molecular formula is C24H24ClN5O. The quantitative estimate of drug-likeness (QED) is 0.390. The number of imidazole rings is 1. The van der Waals surface area contributed by atoms with Gasteiger partial charge in [-0.2, -0.15) is 0 Å². The van der Waals surface area contributed by atoms with E-state index >= 15 is 0 Å². The molecule has 4 aromatic rings. The molecule has 2 aromatic carbocycles. The normalized spacial score (nSPS) is 10.9. The molecule has 6 nitrogen and oxygen atoms in total. The number of hydrogen-bond acceptors (Lipinski definition) is 3. The van der Waals surface area contributed by atoms with Crippen molar-refractivity contribution in [1.82, 2.24) is 19.9 Å². The first kappa shape index (κ1) is 20.9. The lowest BCUT2D eigenvalue weighted by molar-refractivity contribution is 0.252. The van der Waals surface area contributed by atoms with Crippen LogP contribution in [-0.4, -0.2) is 27.1 Å². The molecule has 0 unspecified atom stereocenters. The van der Waals surface area contributed by atoms with E-state index in [1.165, 1.54) is 5.56 Å². The summed E-state index contributed by atoms with van der Waals surface area (Å²) in [5.41, 5.74) is 5.58. The average Bonchev–Trinajstić information content (AvgIpc) is 3.12. The van der Waals surface area contributed by atoms with Crippen molar-refractivity contribution in [3.05, 3.63) is 76.9 Å². The summed E-state index contributed by atoms with van der Waals surface area (Å²) in [4.78, 5) is 21.5. The maximum atomic E-state index is 12.2. The summed E-state index contributed by atoms with van der Waals surface area (Å²) in [6.07, 6.45) is 2.51. The molecular weight excluding hydrogens is 410 g/mol. The molecule has 31 heavy (non-hydrogen) atoms. The first-order chi connectivity index (χ1) is 15.0. The van der Waals surface area contributed by atoms with Crippen LogP contribution in [0.4, 0.5) is 10.5 Å². The third-order valence-corrected chi connectivity index (χ3v) is 5.34. The summed E-state index contributed by atoms with van der Waals surface area (Å²) in [6.45, 7) is 5.21. The summed E-state index contributed by atoms with van der Waals surface area (Å²) in [7, 11) is 0. The lowest BCUT2D eigenvalue weighted by atomic mass is 10.1. The fraction of sp³-hybridized carbons (Fsp3) is 0.208. The summed E-state index contributed by atoms with van der Waals surface area (Å²) in [5, 5.41) is 6.20. The number of fused-ring (bicyclic) bond motifs is 1. The van der Waals surface area contributed by atoms with Crippen LogP contribution in [0.25, 0.3) is 22.6 Å². The Kier molecular flexibility index (Phi) is 6.18. The SMILES string of the molecule is Cc1ccc(-c2nc3cccnc3n2CCCNC(=O)Nc2ccc(C)cc2Cl)cc1. The van der Waals surface area contributed by atoms with Gasteiger partial charge in [0.25, 0.3) is 0 Å². The third kappa shape index (κ3) is 4.86. The van der Waals surface area contributed by atoms with Crippen molar-refractivity contribution in [2.45, 2.75) is 26.8 Å². The van der Waals surface area contributed by atoms with Crippen molar-refractivity contribution in [2.24, 2.45) is 0 Å². The Morgan fingerprint density at radius 1 is 1.06 bits per heavy atom. The number of aryl methyl sites for hydroxylation is 3. The zero-order valence-corrected chi connectivity index (χ0v) is 18.3. The van der Waals surface area contributed by atoms with Gasteiger partial charge in [-0.05, 0) is 50.1 Å². The minimum atomic E-state index is -0.280. The second-order valence-electron chi connectivity index (χ2n) is 7.52. The van der Waals surface area contributed by atoms with Gasteiger partial charge in [-0.3, -0.25) is 0 Å². The van der Waals surface area contributed by atoms with Crippen molar-refractivity contribution < 1.29 is 4.79 Å². The number of nitrogens with one attached hydrogen (secondary N) is 2. The molecule has 0 aliphatic heterocycles. The topological polar surface area (TPSA) is 71.8 Å². The van der Waals surface area contributed by atoms with Crippen LogP contribution in [0.2, 0.25) is 5.02 Å². The predicted octanol–water partition coefficient (Wildman–Crippen LogP) is 5.58. The van der Waals surface area contributed by atoms with Crippen molar-refractivity contribution >= 4 is 34.5 Å². The third-order valence-electron chi connectivity index (χ3n) is 5.03. The van der Waals surface area contributed by atoms with Gasteiger partial charge in [0.1, 0.15) is 11.3 Å². The molecule has 2 N–H and O–H groups in total. The average molecular weight is 434 g/mol.